The van der Waals surface area contributed by atoms with Crippen LogP contribution < -0.4 is 5.32 Å². The number of aromatic nitrogens is 4. The van der Waals surface area contributed by atoms with Crippen molar-refractivity contribution in [1.82, 2.24) is 30.4 Å². The molecule has 0 aromatic carbocycles. The van der Waals surface area contributed by atoms with Crippen molar-refractivity contribution >= 4 is 63.0 Å². The van der Waals surface area contributed by atoms with Crippen LogP contribution in [0.3, 0.4) is 0 Å². The highest BCUT2D eigenvalue weighted by Crippen LogP contribution is 2.41. The monoisotopic (exact) mass is 519 g/mol. The molecule has 160 valence electrons. The van der Waals surface area contributed by atoms with Crippen molar-refractivity contribution in [3.63, 3.8) is 0 Å². The van der Waals surface area contributed by atoms with Gasteiger partial charge in [0.25, 0.3) is 11.8 Å². The Bertz CT molecular complexity index is 953. The summed E-state index contributed by atoms with van der Waals surface area (Å²) in [5.41, 5.74) is 0.357. The number of ketones is 1. The van der Waals surface area contributed by atoms with Gasteiger partial charge in [-0.3, -0.25) is 19.3 Å². The van der Waals surface area contributed by atoms with Gasteiger partial charge in [-0.05, 0) is 21.2 Å². The highest BCUT2D eigenvalue weighted by Gasteiger charge is 2.54. The molecule has 1 aromatic heterocycles. The molecule has 3 heterocycles. The first-order valence-corrected chi connectivity index (χ1v) is 11.4. The van der Waals surface area contributed by atoms with Crippen LogP contribution in [0.5, 0.6) is 0 Å². The first-order chi connectivity index (χ1) is 14.3. The third-order valence-corrected chi connectivity index (χ3v) is 7.28. The van der Waals surface area contributed by atoms with Crippen molar-refractivity contribution in [2.45, 2.75) is 22.6 Å². The van der Waals surface area contributed by atoms with Crippen molar-refractivity contribution < 1.29 is 24.3 Å². The molecule has 2 aliphatic heterocycles. The van der Waals surface area contributed by atoms with Crippen molar-refractivity contribution in [2.75, 3.05) is 16.8 Å². The van der Waals surface area contributed by atoms with Gasteiger partial charge < -0.3 is 10.4 Å². The lowest BCUT2D eigenvalue weighted by Crippen LogP contribution is -2.71. The Labute approximate surface area is 185 Å². The summed E-state index contributed by atoms with van der Waals surface area (Å²) in [5, 5.41) is 25.1. The number of hydrogen-bond donors (Lipinski definition) is 2. The molecule has 30 heavy (non-hydrogen) atoms. The number of carboxylic acid groups (broad SMARTS) is 1. The summed E-state index contributed by atoms with van der Waals surface area (Å²) in [7, 11) is 1.65. The Morgan fingerprint density at radius 3 is 2.77 bits per heavy atom. The van der Waals surface area contributed by atoms with E-state index in [4.69, 9.17) is 0 Å². The lowest BCUT2D eigenvalue weighted by Gasteiger charge is -2.49. The van der Waals surface area contributed by atoms with E-state index in [0.717, 1.165) is 4.90 Å². The average Bonchev–Trinajstić information content (AvgIpc) is 3.14. The number of fused-ring (bicyclic) bond motifs is 1. The van der Waals surface area contributed by atoms with E-state index in [-0.39, 0.29) is 16.8 Å². The highest BCUT2D eigenvalue weighted by atomic mass is 79.9. The van der Waals surface area contributed by atoms with Gasteiger partial charge in [-0.2, -0.15) is 0 Å². The number of rotatable bonds is 9. The molecule has 0 saturated carbocycles. The van der Waals surface area contributed by atoms with Crippen molar-refractivity contribution in [2.24, 2.45) is 12.2 Å². The number of carbonyl (C=O) groups is 4. The van der Waals surface area contributed by atoms with Gasteiger partial charge >= 0.3 is 5.97 Å². The van der Waals surface area contributed by atoms with E-state index in [1.165, 1.54) is 28.2 Å². The van der Waals surface area contributed by atoms with Gasteiger partial charge in [0.05, 0.1) is 5.33 Å². The van der Waals surface area contributed by atoms with Gasteiger partial charge in [0.15, 0.2) is 5.78 Å². The van der Waals surface area contributed by atoms with Crippen molar-refractivity contribution in [3.8, 4) is 0 Å². The van der Waals surface area contributed by atoms with Crippen LogP contribution in [-0.2, 0) is 26.2 Å². The molecule has 1 aromatic rings. The van der Waals surface area contributed by atoms with Crippen molar-refractivity contribution in [1.29, 1.82) is 0 Å². The zero-order valence-corrected chi connectivity index (χ0v) is 18.4. The summed E-state index contributed by atoms with van der Waals surface area (Å²) in [6.45, 7) is 0. The van der Waals surface area contributed by atoms with E-state index in [2.05, 4.69) is 41.9 Å². The number of halogens is 1. The largest absolute Gasteiger partial charge is 0.477 e. The van der Waals surface area contributed by atoms with Gasteiger partial charge in [0.1, 0.15) is 17.1 Å². The molecule has 2 aliphatic rings. The van der Waals surface area contributed by atoms with Crippen LogP contribution in [0, 0.1) is 4.91 Å². The molecular formula is C14H14BrN7O6S2. The SMILES string of the molecule is Cn1nnnc1SCC1=C(C(=O)O)N2C(=O)C(NC(=O)C(N=O)C(=O)CBr)[C@@H]2SC1. The number of nitrogens with zero attached hydrogens (tertiary/aromatic N) is 6. The van der Waals surface area contributed by atoms with Gasteiger partial charge in [-0.15, -0.1) is 21.8 Å². The number of carbonyl (C=O) groups excluding carboxylic acids is 3. The van der Waals surface area contributed by atoms with Crippen LogP contribution in [0.4, 0.5) is 0 Å². The molecule has 0 aliphatic carbocycles. The van der Waals surface area contributed by atoms with E-state index in [1.54, 1.807) is 7.05 Å². The summed E-state index contributed by atoms with van der Waals surface area (Å²) in [5.74, 6) is -3.09. The topological polar surface area (TPSA) is 177 Å². The zero-order chi connectivity index (χ0) is 22.0. The van der Waals surface area contributed by atoms with Crippen LogP contribution >= 0.6 is 39.5 Å². The van der Waals surface area contributed by atoms with Gasteiger partial charge in [0.2, 0.25) is 11.2 Å². The third-order valence-electron chi connectivity index (χ3n) is 4.29. The van der Waals surface area contributed by atoms with Crippen LogP contribution in [0.2, 0.25) is 0 Å². The standard InChI is InChI=1S/C14H14BrN7O6S2/c1-21-14(17-19-20-21)30-4-5-3-29-12-8(11(25)22(12)9(5)13(26)27)16-10(24)7(18-28)6(23)2-15/h7-8,12H,2-4H2,1H3,(H,16,24)(H,26,27)/t7?,8?,12-/m0/s1. The minimum atomic E-state index is -1.78. The maximum Gasteiger partial charge on any atom is 0.352 e. The molecule has 2 amide bonds. The molecular weight excluding hydrogens is 506 g/mol. The first kappa shape index (κ1) is 22.4. The molecule has 3 rings (SSSR count). The van der Waals surface area contributed by atoms with Gasteiger partial charge in [-0.25, -0.2) is 9.48 Å². The number of β-lactam (4-membered cyclic amide) rings is 1. The molecule has 0 spiro atoms. The Morgan fingerprint density at radius 2 is 2.20 bits per heavy atom. The van der Waals surface area contributed by atoms with Crippen LogP contribution in [0.25, 0.3) is 0 Å². The van der Waals surface area contributed by atoms with E-state index in [1.807, 2.05) is 0 Å². The molecule has 3 atom stereocenters. The Kier molecular flexibility index (Phi) is 6.87. The Morgan fingerprint density at radius 1 is 1.47 bits per heavy atom. The highest BCUT2D eigenvalue weighted by molar-refractivity contribution is 9.09. The second kappa shape index (κ2) is 9.22. The quantitative estimate of drug-likeness (QED) is 0.136. The number of Topliss-reactive ketones (excluding diaryl/α,β-unsaturated/α-hetero) is 1. The Balaban J connectivity index is 1.74. The lowest BCUT2D eigenvalue weighted by molar-refractivity contribution is -0.151. The van der Waals surface area contributed by atoms with Gasteiger partial charge in [0, 0.05) is 18.6 Å². The van der Waals surface area contributed by atoms with Crippen LogP contribution in [-0.4, -0.2) is 88.1 Å². The van der Waals surface area contributed by atoms with Gasteiger partial charge in [-0.1, -0.05) is 27.7 Å². The molecule has 0 bridgehead atoms. The maximum atomic E-state index is 12.6. The maximum absolute atomic E-state index is 12.6. The molecule has 13 nitrogen and oxygen atoms in total. The molecule has 1 saturated heterocycles. The first-order valence-electron chi connectivity index (χ1n) is 8.26. The number of carboxylic acids is 1. The summed E-state index contributed by atoms with van der Waals surface area (Å²) >= 11 is 5.35. The number of alkyl halides is 1. The summed E-state index contributed by atoms with van der Waals surface area (Å²) in [4.78, 5) is 60.1. The number of nitroso groups, excluding NO2 is 1. The molecule has 2 N–H and O–H groups in total. The Hall–Kier alpha value is -2.33. The van der Waals surface area contributed by atoms with E-state index in [9.17, 15) is 29.2 Å². The molecule has 2 unspecified atom stereocenters. The number of aliphatic carboxylic acids is 1. The fraction of sp³-hybridized carbons (Fsp3) is 0.500. The summed E-state index contributed by atoms with van der Waals surface area (Å²) < 4.78 is 1.44. The summed E-state index contributed by atoms with van der Waals surface area (Å²) in [6.07, 6.45) is 0. The van der Waals surface area contributed by atoms with E-state index < -0.39 is 41.0 Å². The van der Waals surface area contributed by atoms with E-state index in [0.29, 0.717) is 16.5 Å². The predicted molar refractivity (Wildman–Crippen MR) is 108 cm³/mol. The average molecular weight is 520 g/mol. The van der Waals surface area contributed by atoms with Crippen LogP contribution in [0.15, 0.2) is 21.6 Å². The molecule has 0 radical (unpaired) electrons. The molecule has 1 fully saturated rings. The number of thioether (sulfide) groups is 2. The lowest BCUT2D eigenvalue weighted by atomic mass is 10.0. The van der Waals surface area contributed by atoms with E-state index >= 15 is 0 Å². The number of amides is 2. The number of tetrazole rings is 1. The smallest absolute Gasteiger partial charge is 0.352 e. The fourth-order valence-corrected chi connectivity index (χ4v) is 5.49. The minimum Gasteiger partial charge on any atom is -0.477 e. The second-order valence-electron chi connectivity index (χ2n) is 6.14. The van der Waals surface area contributed by atoms with Crippen molar-refractivity contribution in [3.05, 3.63) is 16.2 Å². The minimum absolute atomic E-state index is 0.154. The second-order valence-corrected chi connectivity index (χ2v) is 8.74. The third kappa shape index (κ3) is 4.11. The van der Waals surface area contributed by atoms with Crippen LogP contribution in [0.1, 0.15) is 0 Å². The molecule has 16 heteroatoms. The predicted octanol–water partition coefficient (Wildman–Crippen LogP) is -0.860. The zero-order valence-electron chi connectivity index (χ0n) is 15.2. The number of aryl methyl sites for hydroxylation is 1. The normalized spacial score (nSPS) is 21.5. The fourth-order valence-electron chi connectivity index (χ4n) is 2.85. The number of nitrogens with one attached hydrogen (secondary N) is 1. The summed E-state index contributed by atoms with van der Waals surface area (Å²) in [6, 6.07) is -2.83. The number of hydrogen-bond acceptors (Lipinski definition) is 11.